The zero-order valence-corrected chi connectivity index (χ0v) is 12.1. The highest BCUT2D eigenvalue weighted by Gasteiger charge is 2.19. The van der Waals surface area contributed by atoms with E-state index >= 15 is 0 Å². The summed E-state index contributed by atoms with van der Waals surface area (Å²) in [6, 6.07) is 7.31. The Morgan fingerprint density at radius 2 is 1.70 bits per heavy atom. The normalized spacial score (nSPS) is 16.0. The van der Waals surface area contributed by atoms with Crippen LogP contribution < -0.4 is 5.32 Å². The molecule has 1 heterocycles. The molecule has 0 unspecified atom stereocenters. The van der Waals surface area contributed by atoms with Crippen LogP contribution in [0.1, 0.15) is 15.9 Å². The average molecular weight is 275 g/mol. The Morgan fingerprint density at radius 3 is 2.30 bits per heavy atom. The lowest BCUT2D eigenvalue weighted by molar-refractivity contribution is -0.131. The van der Waals surface area contributed by atoms with Gasteiger partial charge in [0.15, 0.2) is 0 Å². The molecule has 5 nitrogen and oxygen atoms in total. The van der Waals surface area contributed by atoms with Crippen molar-refractivity contribution in [2.45, 2.75) is 6.92 Å². The highest BCUT2D eigenvalue weighted by Crippen LogP contribution is 2.03. The first-order valence-electron chi connectivity index (χ1n) is 6.87. The lowest BCUT2D eigenvalue weighted by Crippen LogP contribution is -2.50. The Labute approximate surface area is 119 Å². The molecule has 0 atom stereocenters. The summed E-state index contributed by atoms with van der Waals surface area (Å²) in [5, 5.41) is 2.68. The van der Waals surface area contributed by atoms with Crippen molar-refractivity contribution in [3.63, 3.8) is 0 Å². The third-order valence-electron chi connectivity index (χ3n) is 3.57. The van der Waals surface area contributed by atoms with E-state index in [-0.39, 0.29) is 18.4 Å². The first-order valence-corrected chi connectivity index (χ1v) is 6.87. The largest absolute Gasteiger partial charge is 0.343 e. The maximum absolute atomic E-state index is 12.0. The van der Waals surface area contributed by atoms with E-state index < -0.39 is 0 Å². The maximum Gasteiger partial charge on any atom is 0.251 e. The first kappa shape index (κ1) is 14.5. The average Bonchev–Trinajstić information content (AvgIpc) is 2.46. The van der Waals surface area contributed by atoms with Crippen LogP contribution in [0.2, 0.25) is 0 Å². The fourth-order valence-electron chi connectivity index (χ4n) is 2.13. The number of nitrogens with one attached hydrogen (secondary N) is 1. The second kappa shape index (κ2) is 6.52. The van der Waals surface area contributed by atoms with Crippen LogP contribution in [0.4, 0.5) is 0 Å². The van der Waals surface area contributed by atoms with E-state index in [9.17, 15) is 9.59 Å². The summed E-state index contributed by atoms with van der Waals surface area (Å²) >= 11 is 0. The third-order valence-corrected chi connectivity index (χ3v) is 3.57. The van der Waals surface area contributed by atoms with Gasteiger partial charge in [-0.1, -0.05) is 17.7 Å². The van der Waals surface area contributed by atoms with Crippen LogP contribution in [0, 0.1) is 6.92 Å². The molecule has 1 fully saturated rings. The van der Waals surface area contributed by atoms with Gasteiger partial charge in [-0.05, 0) is 26.1 Å². The van der Waals surface area contributed by atoms with E-state index in [1.165, 1.54) is 0 Å². The minimum Gasteiger partial charge on any atom is -0.343 e. The van der Waals surface area contributed by atoms with Gasteiger partial charge >= 0.3 is 0 Å². The molecule has 1 N–H and O–H groups in total. The molecule has 2 amide bonds. The lowest BCUT2D eigenvalue weighted by Gasteiger charge is -2.32. The molecule has 1 saturated heterocycles. The molecule has 1 aliphatic heterocycles. The second-order valence-electron chi connectivity index (χ2n) is 5.23. The molecule has 0 saturated carbocycles. The van der Waals surface area contributed by atoms with Crippen LogP contribution in [0.5, 0.6) is 0 Å². The molecule has 108 valence electrons. The molecule has 5 heteroatoms. The predicted octanol–water partition coefficient (Wildman–Crippen LogP) is 0.499. The quantitative estimate of drug-likeness (QED) is 0.874. The van der Waals surface area contributed by atoms with Gasteiger partial charge in [0.2, 0.25) is 5.91 Å². The molecule has 0 bridgehead atoms. The summed E-state index contributed by atoms with van der Waals surface area (Å²) in [4.78, 5) is 27.9. The van der Waals surface area contributed by atoms with Gasteiger partial charge in [0.25, 0.3) is 5.91 Å². The Morgan fingerprint density at radius 1 is 1.10 bits per heavy atom. The number of hydrogen-bond donors (Lipinski definition) is 1. The van der Waals surface area contributed by atoms with Crippen molar-refractivity contribution in [3.8, 4) is 0 Å². The van der Waals surface area contributed by atoms with Crippen molar-refractivity contribution in [2.24, 2.45) is 0 Å². The van der Waals surface area contributed by atoms with E-state index in [1.807, 2.05) is 26.1 Å². The molecule has 20 heavy (non-hydrogen) atoms. The number of nitrogens with zero attached hydrogens (tertiary/aromatic N) is 2. The number of carbonyl (C=O) groups excluding carboxylic acids is 2. The fourth-order valence-corrected chi connectivity index (χ4v) is 2.13. The Kier molecular flexibility index (Phi) is 4.74. The molecule has 0 spiro atoms. The number of benzene rings is 1. The second-order valence-corrected chi connectivity index (χ2v) is 5.23. The minimum absolute atomic E-state index is 0.0152. The molecule has 1 aromatic rings. The van der Waals surface area contributed by atoms with Crippen molar-refractivity contribution in [2.75, 3.05) is 39.8 Å². The zero-order valence-electron chi connectivity index (χ0n) is 12.1. The van der Waals surface area contributed by atoms with Crippen LogP contribution in [0.15, 0.2) is 24.3 Å². The van der Waals surface area contributed by atoms with Crippen molar-refractivity contribution >= 4 is 11.8 Å². The van der Waals surface area contributed by atoms with Gasteiger partial charge in [0.05, 0.1) is 6.54 Å². The Balaban J connectivity index is 1.81. The maximum atomic E-state index is 12.0. The number of aryl methyl sites for hydroxylation is 1. The number of amides is 2. The monoisotopic (exact) mass is 275 g/mol. The summed E-state index contributed by atoms with van der Waals surface area (Å²) in [6.07, 6.45) is 0. The molecule has 1 aromatic carbocycles. The van der Waals surface area contributed by atoms with Gasteiger partial charge in [-0.15, -0.1) is 0 Å². The van der Waals surface area contributed by atoms with Crippen LogP contribution in [0.3, 0.4) is 0 Å². The van der Waals surface area contributed by atoms with E-state index in [0.717, 1.165) is 31.7 Å². The molecule has 1 aliphatic rings. The number of rotatable bonds is 3. The molecule has 0 aromatic heterocycles. The van der Waals surface area contributed by atoms with E-state index in [2.05, 4.69) is 10.2 Å². The van der Waals surface area contributed by atoms with Gasteiger partial charge < -0.3 is 15.1 Å². The van der Waals surface area contributed by atoms with Gasteiger partial charge in [-0.3, -0.25) is 9.59 Å². The Hall–Kier alpha value is -1.88. The topological polar surface area (TPSA) is 52.7 Å². The van der Waals surface area contributed by atoms with Crippen LogP contribution in [-0.4, -0.2) is 61.4 Å². The number of likely N-dealkylation sites (N-methyl/N-ethyl adjacent to an activating group) is 1. The predicted molar refractivity (Wildman–Crippen MR) is 77.6 cm³/mol. The van der Waals surface area contributed by atoms with Crippen LogP contribution >= 0.6 is 0 Å². The fraction of sp³-hybridized carbons (Fsp3) is 0.467. The van der Waals surface area contributed by atoms with Crippen LogP contribution in [0.25, 0.3) is 0 Å². The highest BCUT2D eigenvalue weighted by molar-refractivity contribution is 5.96. The van der Waals surface area contributed by atoms with Crippen molar-refractivity contribution < 1.29 is 9.59 Å². The van der Waals surface area contributed by atoms with Gasteiger partial charge in [-0.25, -0.2) is 0 Å². The lowest BCUT2D eigenvalue weighted by atomic mass is 10.1. The summed E-state index contributed by atoms with van der Waals surface area (Å²) in [6.45, 7) is 5.27. The first-order chi connectivity index (χ1) is 9.56. The van der Waals surface area contributed by atoms with Gasteiger partial charge in [0, 0.05) is 31.7 Å². The molecule has 0 radical (unpaired) electrons. The summed E-state index contributed by atoms with van der Waals surface area (Å²) in [5.74, 6) is -0.217. The summed E-state index contributed by atoms with van der Waals surface area (Å²) in [7, 11) is 2.04. The number of hydrogen-bond acceptors (Lipinski definition) is 3. The summed E-state index contributed by atoms with van der Waals surface area (Å²) < 4.78 is 0. The number of piperazine rings is 1. The molecule has 2 rings (SSSR count). The van der Waals surface area contributed by atoms with Crippen molar-refractivity contribution in [1.29, 1.82) is 0 Å². The minimum atomic E-state index is -0.201. The number of carbonyl (C=O) groups is 2. The van der Waals surface area contributed by atoms with Crippen molar-refractivity contribution in [1.82, 2.24) is 15.1 Å². The molecular weight excluding hydrogens is 254 g/mol. The van der Waals surface area contributed by atoms with Gasteiger partial charge in [0.1, 0.15) is 0 Å². The van der Waals surface area contributed by atoms with E-state index in [0.29, 0.717) is 5.56 Å². The summed E-state index contributed by atoms with van der Waals surface area (Å²) in [5.41, 5.74) is 1.69. The highest BCUT2D eigenvalue weighted by atomic mass is 16.2. The van der Waals surface area contributed by atoms with Crippen LogP contribution in [-0.2, 0) is 4.79 Å². The standard InChI is InChI=1S/C15H21N3O2/c1-12-3-5-13(6-4-12)15(20)16-11-14(19)18-9-7-17(2)8-10-18/h3-6H,7-11H2,1-2H3,(H,16,20). The molecule has 0 aliphatic carbocycles. The van der Waals surface area contributed by atoms with E-state index in [4.69, 9.17) is 0 Å². The third kappa shape index (κ3) is 3.81. The van der Waals surface area contributed by atoms with Crippen molar-refractivity contribution in [3.05, 3.63) is 35.4 Å². The molecular formula is C15H21N3O2. The smallest absolute Gasteiger partial charge is 0.251 e. The van der Waals surface area contributed by atoms with E-state index in [1.54, 1.807) is 17.0 Å². The van der Waals surface area contributed by atoms with Gasteiger partial charge in [-0.2, -0.15) is 0 Å². The zero-order chi connectivity index (χ0) is 14.5. The Bertz CT molecular complexity index is 476. The SMILES string of the molecule is Cc1ccc(C(=O)NCC(=O)N2CCN(C)CC2)cc1.